The second-order valence-corrected chi connectivity index (χ2v) is 9.29. The number of amides is 1. The quantitative estimate of drug-likeness (QED) is 0.754. The number of piperazine rings is 1. The molecule has 2 heterocycles. The minimum atomic E-state index is 0.318. The van der Waals surface area contributed by atoms with Crippen molar-refractivity contribution in [2.24, 2.45) is 11.8 Å². The molecule has 1 aromatic rings. The van der Waals surface area contributed by atoms with Gasteiger partial charge < -0.3 is 20.0 Å². The Hall–Kier alpha value is -1.66. The van der Waals surface area contributed by atoms with Gasteiger partial charge in [-0.05, 0) is 61.5 Å². The van der Waals surface area contributed by atoms with E-state index >= 15 is 0 Å². The average Bonchev–Trinajstić information content (AvgIpc) is 2.64. The van der Waals surface area contributed by atoms with E-state index in [4.69, 9.17) is 12.2 Å². The van der Waals surface area contributed by atoms with Crippen molar-refractivity contribution in [3.05, 3.63) is 29.3 Å². The first kappa shape index (κ1) is 21.1. The van der Waals surface area contributed by atoms with Gasteiger partial charge in [-0.1, -0.05) is 26.0 Å². The first-order valence-electron chi connectivity index (χ1n) is 10.6. The summed E-state index contributed by atoms with van der Waals surface area (Å²) in [6.07, 6.45) is 1.24. The highest BCUT2D eigenvalue weighted by molar-refractivity contribution is 7.80. The molecule has 2 atom stereocenters. The van der Waals surface area contributed by atoms with Gasteiger partial charge in [0.2, 0.25) is 0 Å². The lowest BCUT2D eigenvalue weighted by Gasteiger charge is -2.37. The third kappa shape index (κ3) is 5.45. The van der Waals surface area contributed by atoms with Gasteiger partial charge in [-0.3, -0.25) is 4.79 Å². The molecule has 2 aliphatic heterocycles. The Labute approximate surface area is 175 Å². The van der Waals surface area contributed by atoms with Gasteiger partial charge in [-0.2, -0.15) is 0 Å². The number of thiocarbonyl (C=S) groups is 1. The lowest BCUT2D eigenvalue weighted by molar-refractivity contribution is -0.896. The standard InChI is InChI=1S/C22H34N4OS/c1-16-5-6-19(4)20(12-16)23-22(28)25-9-7-24(8-10-25)15-21(27)26-13-17(2)11-18(3)14-26/h5-6,12,17-18H,7-11,13-15H2,1-4H3,(H,23,28)/p+1/t17-,18-/m0/s1. The fourth-order valence-electron chi connectivity index (χ4n) is 4.46. The Kier molecular flexibility index (Phi) is 6.94. The number of piperidine rings is 1. The Balaban J connectivity index is 1.47. The van der Waals surface area contributed by atoms with E-state index < -0.39 is 0 Å². The predicted molar refractivity (Wildman–Crippen MR) is 119 cm³/mol. The molecule has 3 rings (SSSR count). The van der Waals surface area contributed by atoms with Crippen LogP contribution in [0.4, 0.5) is 5.69 Å². The molecule has 1 amide bonds. The number of hydrogen-bond acceptors (Lipinski definition) is 2. The minimum absolute atomic E-state index is 0.318. The van der Waals surface area contributed by atoms with E-state index in [0.29, 0.717) is 24.3 Å². The molecule has 0 radical (unpaired) electrons. The molecule has 0 spiro atoms. The molecule has 28 heavy (non-hydrogen) atoms. The zero-order valence-electron chi connectivity index (χ0n) is 17.8. The fourth-order valence-corrected chi connectivity index (χ4v) is 4.75. The molecule has 0 saturated carbocycles. The molecule has 5 nitrogen and oxygen atoms in total. The smallest absolute Gasteiger partial charge is 0.277 e. The topological polar surface area (TPSA) is 40.0 Å². The summed E-state index contributed by atoms with van der Waals surface area (Å²) < 4.78 is 0. The van der Waals surface area contributed by atoms with Crippen molar-refractivity contribution >= 4 is 28.9 Å². The van der Waals surface area contributed by atoms with Gasteiger partial charge in [0.25, 0.3) is 5.91 Å². The van der Waals surface area contributed by atoms with Crippen LogP contribution in [0, 0.1) is 25.7 Å². The zero-order valence-corrected chi connectivity index (χ0v) is 18.6. The molecule has 0 aromatic heterocycles. The maximum atomic E-state index is 12.7. The Morgan fingerprint density at radius 2 is 1.79 bits per heavy atom. The molecule has 2 fully saturated rings. The van der Waals surface area contributed by atoms with Gasteiger partial charge in [0, 0.05) is 18.8 Å². The molecule has 2 saturated heterocycles. The summed E-state index contributed by atoms with van der Waals surface area (Å²) in [6.45, 7) is 14.9. The van der Waals surface area contributed by atoms with Crippen molar-refractivity contribution in [2.45, 2.75) is 34.1 Å². The molecular formula is C22H35N4OS+. The van der Waals surface area contributed by atoms with Gasteiger partial charge >= 0.3 is 0 Å². The lowest BCUT2D eigenvalue weighted by atomic mass is 9.92. The van der Waals surface area contributed by atoms with Crippen LogP contribution in [0.15, 0.2) is 18.2 Å². The molecule has 0 aliphatic carbocycles. The molecular weight excluding hydrogens is 368 g/mol. The van der Waals surface area contributed by atoms with Crippen LogP contribution in [0.5, 0.6) is 0 Å². The largest absolute Gasteiger partial charge is 0.338 e. The second-order valence-electron chi connectivity index (χ2n) is 8.91. The minimum Gasteiger partial charge on any atom is -0.338 e. The first-order chi connectivity index (χ1) is 13.3. The van der Waals surface area contributed by atoms with Crippen LogP contribution >= 0.6 is 12.2 Å². The Morgan fingerprint density at radius 3 is 2.43 bits per heavy atom. The number of benzene rings is 1. The number of aryl methyl sites for hydroxylation is 2. The summed E-state index contributed by atoms with van der Waals surface area (Å²) in [7, 11) is 0. The normalized spacial score (nSPS) is 23.6. The highest BCUT2D eigenvalue weighted by atomic mass is 32.1. The Morgan fingerprint density at radius 1 is 1.14 bits per heavy atom. The van der Waals surface area contributed by atoms with Gasteiger partial charge in [0.15, 0.2) is 11.7 Å². The number of nitrogens with zero attached hydrogens (tertiary/aromatic N) is 2. The fraction of sp³-hybridized carbons (Fsp3) is 0.636. The lowest BCUT2D eigenvalue weighted by Crippen LogP contribution is -3.15. The van der Waals surface area contributed by atoms with Gasteiger partial charge in [0.1, 0.15) is 0 Å². The maximum absolute atomic E-state index is 12.7. The van der Waals surface area contributed by atoms with Gasteiger partial charge in [-0.25, -0.2) is 0 Å². The molecule has 2 aliphatic rings. The summed E-state index contributed by atoms with van der Waals surface area (Å²) in [5, 5.41) is 4.20. The SMILES string of the molecule is Cc1ccc(C)c(NC(=S)N2CC[NH+](CC(=O)N3C[C@@H](C)C[C@H](C)C3)CC2)c1. The number of nitrogens with one attached hydrogen (secondary N) is 2. The number of quaternary nitrogens is 1. The van der Waals surface area contributed by atoms with Crippen molar-refractivity contribution in [2.75, 3.05) is 51.1 Å². The van der Waals surface area contributed by atoms with Crippen LogP contribution in [0.2, 0.25) is 0 Å². The number of hydrogen-bond donors (Lipinski definition) is 2. The number of anilines is 1. The van der Waals surface area contributed by atoms with E-state index in [2.05, 4.69) is 61.0 Å². The van der Waals surface area contributed by atoms with Crippen molar-refractivity contribution < 1.29 is 9.69 Å². The summed E-state index contributed by atoms with van der Waals surface area (Å²) >= 11 is 5.64. The summed E-state index contributed by atoms with van der Waals surface area (Å²) in [5.41, 5.74) is 3.51. The second kappa shape index (κ2) is 9.23. The van der Waals surface area contributed by atoms with E-state index in [-0.39, 0.29) is 0 Å². The zero-order chi connectivity index (χ0) is 20.3. The first-order valence-corrected chi connectivity index (χ1v) is 11.0. The molecule has 0 bridgehead atoms. The van der Waals surface area contributed by atoms with E-state index in [1.807, 2.05) is 0 Å². The van der Waals surface area contributed by atoms with Crippen LogP contribution in [0.25, 0.3) is 0 Å². The highest BCUT2D eigenvalue weighted by Crippen LogP contribution is 2.20. The molecule has 2 N–H and O–H groups in total. The van der Waals surface area contributed by atoms with Crippen LogP contribution in [-0.2, 0) is 4.79 Å². The molecule has 154 valence electrons. The van der Waals surface area contributed by atoms with Crippen molar-refractivity contribution in [1.82, 2.24) is 9.80 Å². The third-order valence-electron chi connectivity index (χ3n) is 6.02. The van der Waals surface area contributed by atoms with Crippen LogP contribution in [0.1, 0.15) is 31.4 Å². The van der Waals surface area contributed by atoms with Crippen LogP contribution in [0.3, 0.4) is 0 Å². The Bertz CT molecular complexity index is 704. The van der Waals surface area contributed by atoms with Crippen molar-refractivity contribution in [1.29, 1.82) is 0 Å². The van der Waals surface area contributed by atoms with Crippen molar-refractivity contribution in [3.63, 3.8) is 0 Å². The average molecular weight is 404 g/mol. The van der Waals surface area contributed by atoms with E-state index in [9.17, 15) is 4.79 Å². The predicted octanol–water partition coefficient (Wildman–Crippen LogP) is 1.71. The number of carbonyl (C=O) groups is 1. The molecule has 1 aromatic carbocycles. The van der Waals surface area contributed by atoms with Crippen LogP contribution < -0.4 is 10.2 Å². The van der Waals surface area contributed by atoms with Crippen LogP contribution in [-0.4, -0.2) is 66.6 Å². The monoisotopic (exact) mass is 403 g/mol. The van der Waals surface area contributed by atoms with E-state index in [1.165, 1.54) is 22.4 Å². The molecule has 6 heteroatoms. The summed E-state index contributed by atoms with van der Waals surface area (Å²) in [4.78, 5) is 18.4. The summed E-state index contributed by atoms with van der Waals surface area (Å²) in [6, 6.07) is 6.38. The van der Waals surface area contributed by atoms with Gasteiger partial charge in [0.05, 0.1) is 26.2 Å². The van der Waals surface area contributed by atoms with E-state index in [1.54, 1.807) is 0 Å². The third-order valence-corrected chi connectivity index (χ3v) is 6.38. The molecule has 0 unspecified atom stereocenters. The number of rotatable bonds is 3. The summed E-state index contributed by atoms with van der Waals surface area (Å²) in [5.74, 6) is 1.55. The maximum Gasteiger partial charge on any atom is 0.277 e. The highest BCUT2D eigenvalue weighted by Gasteiger charge is 2.29. The van der Waals surface area contributed by atoms with Crippen molar-refractivity contribution in [3.8, 4) is 0 Å². The number of carbonyl (C=O) groups excluding carboxylic acids is 1. The van der Waals surface area contributed by atoms with E-state index in [0.717, 1.165) is 50.1 Å². The number of likely N-dealkylation sites (tertiary alicyclic amines) is 1. The van der Waals surface area contributed by atoms with Gasteiger partial charge in [-0.15, -0.1) is 0 Å².